The summed E-state index contributed by atoms with van der Waals surface area (Å²) >= 11 is 1.03. The number of rotatable bonds is 4. The summed E-state index contributed by atoms with van der Waals surface area (Å²) in [6, 6.07) is 10.9. The quantitative estimate of drug-likeness (QED) is 0.403. The van der Waals surface area contributed by atoms with E-state index in [1.807, 2.05) is 6.07 Å². The monoisotopic (exact) mass is 396 g/mol. The van der Waals surface area contributed by atoms with Crippen LogP contribution in [0.1, 0.15) is 16.1 Å². The van der Waals surface area contributed by atoms with E-state index in [2.05, 4.69) is 9.72 Å². The highest BCUT2D eigenvalue weighted by Gasteiger charge is 2.30. The second-order valence-corrected chi connectivity index (χ2v) is 6.32. The molecule has 0 amide bonds. The number of hydrogen-bond acceptors (Lipinski definition) is 4. The van der Waals surface area contributed by atoms with Crippen molar-refractivity contribution in [2.45, 2.75) is 12.8 Å². The number of halogens is 5. The van der Waals surface area contributed by atoms with Gasteiger partial charge in [0.1, 0.15) is 16.8 Å². The van der Waals surface area contributed by atoms with Crippen LogP contribution < -0.4 is 4.74 Å². The summed E-state index contributed by atoms with van der Waals surface area (Å²) in [6.45, 7) is -3.03. The van der Waals surface area contributed by atoms with E-state index in [9.17, 15) is 27.2 Å². The van der Waals surface area contributed by atoms with Crippen LogP contribution in [-0.2, 0) is 6.18 Å². The van der Waals surface area contributed by atoms with E-state index < -0.39 is 18.4 Å². The number of nitriles is 1. The number of nitrogens with zero attached hydrogens (tertiary/aromatic N) is 2. The smallest absolute Gasteiger partial charge is 0.416 e. The summed E-state index contributed by atoms with van der Waals surface area (Å²) < 4.78 is 68.4. The van der Waals surface area contributed by atoms with Gasteiger partial charge in [-0.05, 0) is 30.3 Å². The lowest BCUT2D eigenvalue weighted by atomic mass is 10.1. The third kappa shape index (κ3) is 4.23. The topological polar surface area (TPSA) is 45.9 Å². The highest BCUT2D eigenvalue weighted by molar-refractivity contribution is 7.19. The van der Waals surface area contributed by atoms with Gasteiger partial charge in [-0.15, -0.1) is 11.3 Å². The number of ether oxygens (including phenoxy) is 1. The lowest BCUT2D eigenvalue weighted by molar-refractivity contribution is -0.137. The third-order valence-electron chi connectivity index (χ3n) is 3.50. The SMILES string of the molecule is N#C/C(=C/c1ccccc1OC(F)F)c1nc2cc(C(F)(F)F)ccc2s1. The van der Waals surface area contributed by atoms with E-state index >= 15 is 0 Å². The van der Waals surface area contributed by atoms with Gasteiger partial charge in [0.2, 0.25) is 0 Å². The first-order valence-electron chi connectivity index (χ1n) is 7.42. The van der Waals surface area contributed by atoms with E-state index in [0.29, 0.717) is 4.70 Å². The Bertz CT molecular complexity index is 1050. The van der Waals surface area contributed by atoms with Crippen LogP contribution in [0.25, 0.3) is 21.9 Å². The van der Waals surface area contributed by atoms with Crippen LogP contribution in [0.2, 0.25) is 0 Å². The predicted molar refractivity (Wildman–Crippen MR) is 91.2 cm³/mol. The van der Waals surface area contributed by atoms with Crippen LogP contribution in [0.5, 0.6) is 5.75 Å². The maximum atomic E-state index is 12.8. The second kappa shape index (κ2) is 7.32. The molecule has 1 heterocycles. The Morgan fingerprint density at radius 3 is 2.59 bits per heavy atom. The van der Waals surface area contributed by atoms with Crippen molar-refractivity contribution in [1.82, 2.24) is 4.98 Å². The molecular formula is C18H9F5N2OS. The van der Waals surface area contributed by atoms with Gasteiger partial charge in [-0.2, -0.15) is 27.2 Å². The van der Waals surface area contributed by atoms with Crippen molar-refractivity contribution in [3.8, 4) is 11.8 Å². The number of aromatic nitrogens is 1. The third-order valence-corrected chi connectivity index (χ3v) is 4.57. The van der Waals surface area contributed by atoms with Crippen LogP contribution in [0.3, 0.4) is 0 Å². The molecule has 0 saturated heterocycles. The molecule has 9 heteroatoms. The molecule has 0 saturated carbocycles. The van der Waals surface area contributed by atoms with Gasteiger partial charge in [0.15, 0.2) is 0 Å². The summed E-state index contributed by atoms with van der Waals surface area (Å²) in [5, 5.41) is 9.58. The number of alkyl halides is 5. The van der Waals surface area contributed by atoms with E-state index in [0.717, 1.165) is 23.5 Å². The minimum absolute atomic E-state index is 0.0232. The van der Waals surface area contributed by atoms with Gasteiger partial charge in [0.25, 0.3) is 0 Å². The maximum Gasteiger partial charge on any atom is 0.416 e. The van der Waals surface area contributed by atoms with Crippen LogP contribution in [0.4, 0.5) is 22.0 Å². The van der Waals surface area contributed by atoms with Gasteiger partial charge in [0.05, 0.1) is 21.4 Å². The van der Waals surface area contributed by atoms with Crippen molar-refractivity contribution in [3.63, 3.8) is 0 Å². The molecule has 0 aliphatic carbocycles. The largest absolute Gasteiger partial charge is 0.434 e. The molecule has 0 bridgehead atoms. The highest BCUT2D eigenvalue weighted by atomic mass is 32.1. The van der Waals surface area contributed by atoms with Gasteiger partial charge in [-0.3, -0.25) is 0 Å². The summed E-state index contributed by atoms with van der Waals surface area (Å²) in [5.74, 6) is -0.124. The van der Waals surface area contributed by atoms with Gasteiger partial charge < -0.3 is 4.74 Å². The number of para-hydroxylation sites is 1. The van der Waals surface area contributed by atoms with Crippen molar-refractivity contribution in [1.29, 1.82) is 5.26 Å². The molecule has 0 aliphatic rings. The Morgan fingerprint density at radius 1 is 1.19 bits per heavy atom. The molecule has 27 heavy (non-hydrogen) atoms. The zero-order valence-corrected chi connectivity index (χ0v) is 14.1. The summed E-state index contributed by atoms with van der Waals surface area (Å²) in [5.41, 5.74) is -0.493. The average molecular weight is 396 g/mol. The molecule has 0 radical (unpaired) electrons. The van der Waals surface area contributed by atoms with Crippen LogP contribution in [-0.4, -0.2) is 11.6 Å². The van der Waals surface area contributed by atoms with Crippen molar-refractivity contribution < 1.29 is 26.7 Å². The fraction of sp³-hybridized carbons (Fsp3) is 0.111. The Morgan fingerprint density at radius 2 is 1.93 bits per heavy atom. The number of hydrogen-bond donors (Lipinski definition) is 0. The normalized spacial score (nSPS) is 12.4. The molecule has 0 N–H and O–H groups in total. The molecule has 2 aromatic carbocycles. The zero-order valence-electron chi connectivity index (χ0n) is 13.3. The first kappa shape index (κ1) is 18.8. The van der Waals surface area contributed by atoms with E-state index in [4.69, 9.17) is 0 Å². The molecule has 3 rings (SSSR count). The molecule has 0 fully saturated rings. The number of thiazole rings is 1. The average Bonchev–Trinajstić information content (AvgIpc) is 3.02. The molecule has 0 aliphatic heterocycles. The molecular weight excluding hydrogens is 387 g/mol. The van der Waals surface area contributed by atoms with E-state index in [1.54, 1.807) is 6.07 Å². The summed E-state index contributed by atoms with van der Waals surface area (Å²) in [6.07, 6.45) is -3.20. The van der Waals surface area contributed by atoms with Crippen LogP contribution in [0, 0.1) is 11.3 Å². The Labute approximate surface area is 153 Å². The Balaban J connectivity index is 2.04. The second-order valence-electron chi connectivity index (χ2n) is 5.29. The number of fused-ring (bicyclic) bond motifs is 1. The minimum Gasteiger partial charge on any atom is -0.434 e. The molecule has 0 spiro atoms. The molecule has 0 unspecified atom stereocenters. The molecule has 3 aromatic rings. The fourth-order valence-corrected chi connectivity index (χ4v) is 3.23. The lowest BCUT2D eigenvalue weighted by Gasteiger charge is -2.07. The van der Waals surface area contributed by atoms with Crippen LogP contribution in [0.15, 0.2) is 42.5 Å². The van der Waals surface area contributed by atoms with E-state index in [1.165, 1.54) is 30.3 Å². The van der Waals surface area contributed by atoms with Gasteiger partial charge in [-0.1, -0.05) is 18.2 Å². The minimum atomic E-state index is -4.50. The number of benzene rings is 2. The Kier molecular flexibility index (Phi) is 5.10. The van der Waals surface area contributed by atoms with Crippen molar-refractivity contribution >= 4 is 33.2 Å². The van der Waals surface area contributed by atoms with Gasteiger partial charge in [0, 0.05) is 5.56 Å². The lowest BCUT2D eigenvalue weighted by Crippen LogP contribution is -2.03. The zero-order chi connectivity index (χ0) is 19.6. The van der Waals surface area contributed by atoms with Gasteiger partial charge in [-0.25, -0.2) is 4.98 Å². The number of allylic oxidation sites excluding steroid dienone is 1. The molecule has 0 atom stereocenters. The first-order valence-corrected chi connectivity index (χ1v) is 8.23. The standard InChI is InChI=1S/C18H9F5N2OS/c19-17(20)26-14-4-2-1-3-10(14)7-11(9-24)16-25-13-8-12(18(21,22)23)5-6-15(13)27-16/h1-8,17H/b11-7-. The van der Waals surface area contributed by atoms with Crippen LogP contribution >= 0.6 is 11.3 Å². The fourth-order valence-electron chi connectivity index (χ4n) is 2.32. The molecule has 1 aromatic heterocycles. The predicted octanol–water partition coefficient (Wildman–Crippen LogP) is 5.98. The summed E-state index contributed by atoms with van der Waals surface area (Å²) in [4.78, 5) is 4.08. The van der Waals surface area contributed by atoms with Gasteiger partial charge >= 0.3 is 12.8 Å². The van der Waals surface area contributed by atoms with Crippen molar-refractivity contribution in [3.05, 3.63) is 58.6 Å². The Hall–Kier alpha value is -2.99. The summed E-state index contributed by atoms with van der Waals surface area (Å²) in [7, 11) is 0. The van der Waals surface area contributed by atoms with Crippen molar-refractivity contribution in [2.75, 3.05) is 0 Å². The molecule has 3 nitrogen and oxygen atoms in total. The van der Waals surface area contributed by atoms with Crippen molar-refractivity contribution in [2.24, 2.45) is 0 Å². The maximum absolute atomic E-state index is 12.8. The first-order chi connectivity index (χ1) is 12.8. The molecule has 138 valence electrons. The van der Waals surface area contributed by atoms with E-state index in [-0.39, 0.29) is 27.4 Å². The highest BCUT2D eigenvalue weighted by Crippen LogP contribution is 2.35.